The molecule has 0 unspecified atom stereocenters. The SMILES string of the molecule is COc1cc2sc(=NC(=O)CCCS(=O)(=O)c3ccc(F)cc3)n(C)c2cc1OC. The normalized spacial score (nSPS) is 12.3. The fraction of sp³-hybridized carbons (Fsp3) is 0.300. The minimum absolute atomic E-state index is 0.0126. The molecule has 3 aromatic rings. The van der Waals surface area contributed by atoms with Crippen LogP contribution in [0.4, 0.5) is 4.39 Å². The molecular weight excluding hydrogens is 431 g/mol. The average Bonchev–Trinajstić information content (AvgIpc) is 3.01. The third kappa shape index (κ3) is 4.71. The van der Waals surface area contributed by atoms with Crippen LogP contribution < -0.4 is 14.3 Å². The van der Waals surface area contributed by atoms with Crippen molar-refractivity contribution < 1.29 is 27.1 Å². The number of benzene rings is 2. The second-order valence-electron chi connectivity index (χ2n) is 6.50. The second kappa shape index (κ2) is 8.97. The Balaban J connectivity index is 1.74. The van der Waals surface area contributed by atoms with E-state index in [9.17, 15) is 17.6 Å². The van der Waals surface area contributed by atoms with Gasteiger partial charge in [-0.15, -0.1) is 0 Å². The van der Waals surface area contributed by atoms with Crippen molar-refractivity contribution >= 4 is 37.3 Å². The molecule has 0 bridgehead atoms. The number of ether oxygens (including phenoxy) is 2. The van der Waals surface area contributed by atoms with Gasteiger partial charge in [-0.3, -0.25) is 4.79 Å². The highest BCUT2D eigenvalue weighted by Gasteiger charge is 2.15. The summed E-state index contributed by atoms with van der Waals surface area (Å²) in [6, 6.07) is 8.26. The summed E-state index contributed by atoms with van der Waals surface area (Å²) in [5, 5.41) is 0. The number of carbonyl (C=O) groups is 1. The van der Waals surface area contributed by atoms with Crippen molar-refractivity contribution in [3.8, 4) is 11.5 Å². The second-order valence-corrected chi connectivity index (χ2v) is 9.62. The predicted molar refractivity (Wildman–Crippen MR) is 112 cm³/mol. The van der Waals surface area contributed by atoms with Crippen molar-refractivity contribution in [2.75, 3.05) is 20.0 Å². The summed E-state index contributed by atoms with van der Waals surface area (Å²) in [4.78, 5) is 16.9. The van der Waals surface area contributed by atoms with Crippen molar-refractivity contribution in [2.45, 2.75) is 17.7 Å². The summed E-state index contributed by atoms with van der Waals surface area (Å²) in [6.45, 7) is 0. The average molecular weight is 453 g/mol. The minimum atomic E-state index is -3.58. The monoisotopic (exact) mass is 452 g/mol. The lowest BCUT2D eigenvalue weighted by Crippen LogP contribution is -2.14. The van der Waals surface area contributed by atoms with Gasteiger partial charge in [-0.05, 0) is 30.7 Å². The van der Waals surface area contributed by atoms with Crippen LogP contribution in [0.2, 0.25) is 0 Å². The first-order valence-corrected chi connectivity index (χ1v) is 11.5. The number of halogens is 1. The van der Waals surface area contributed by atoms with E-state index in [0.29, 0.717) is 16.3 Å². The van der Waals surface area contributed by atoms with Gasteiger partial charge >= 0.3 is 0 Å². The molecule has 0 aliphatic carbocycles. The van der Waals surface area contributed by atoms with Crippen molar-refractivity contribution in [3.05, 3.63) is 47.0 Å². The maximum atomic E-state index is 13.0. The number of rotatable bonds is 7. The number of nitrogens with zero attached hydrogens (tertiary/aromatic N) is 2. The fourth-order valence-electron chi connectivity index (χ4n) is 2.90. The molecule has 0 spiro atoms. The maximum Gasteiger partial charge on any atom is 0.248 e. The van der Waals surface area contributed by atoms with Crippen LogP contribution in [0.5, 0.6) is 11.5 Å². The van der Waals surface area contributed by atoms with Gasteiger partial charge in [-0.2, -0.15) is 4.99 Å². The molecule has 0 N–H and O–H groups in total. The van der Waals surface area contributed by atoms with Crippen LogP contribution in [0.1, 0.15) is 12.8 Å². The molecule has 0 aliphatic heterocycles. The molecule has 0 radical (unpaired) electrons. The first-order chi connectivity index (χ1) is 14.2. The molecule has 0 fully saturated rings. The van der Waals surface area contributed by atoms with E-state index in [-0.39, 0.29) is 23.5 Å². The summed E-state index contributed by atoms with van der Waals surface area (Å²) >= 11 is 1.32. The number of amides is 1. The van der Waals surface area contributed by atoms with E-state index in [4.69, 9.17) is 9.47 Å². The standard InChI is InChI=1S/C20H21FN2O5S2/c1-23-15-11-16(27-2)17(28-3)12-18(15)29-20(23)22-19(24)5-4-10-30(25,26)14-8-6-13(21)7-9-14/h6-9,11-12H,4-5,10H2,1-3H3. The highest BCUT2D eigenvalue weighted by atomic mass is 32.2. The maximum absolute atomic E-state index is 13.0. The Kier molecular flexibility index (Phi) is 6.57. The number of hydrogen-bond acceptors (Lipinski definition) is 6. The highest BCUT2D eigenvalue weighted by molar-refractivity contribution is 7.91. The Morgan fingerprint density at radius 3 is 2.40 bits per heavy atom. The molecule has 1 amide bonds. The molecule has 2 aromatic carbocycles. The summed E-state index contributed by atoms with van der Waals surface area (Å²) in [7, 11) is 1.30. The lowest BCUT2D eigenvalue weighted by molar-refractivity contribution is -0.118. The van der Waals surface area contributed by atoms with E-state index in [1.54, 1.807) is 25.8 Å². The largest absolute Gasteiger partial charge is 0.493 e. The highest BCUT2D eigenvalue weighted by Crippen LogP contribution is 2.33. The van der Waals surface area contributed by atoms with Crippen molar-refractivity contribution in [1.29, 1.82) is 0 Å². The summed E-state index contributed by atoms with van der Waals surface area (Å²) in [5.74, 6) is 0.0186. The number of hydrogen-bond donors (Lipinski definition) is 0. The molecule has 0 atom stereocenters. The predicted octanol–water partition coefficient (Wildman–Crippen LogP) is 3.08. The van der Waals surface area contributed by atoms with Crippen molar-refractivity contribution in [2.24, 2.45) is 12.0 Å². The van der Waals surface area contributed by atoms with E-state index >= 15 is 0 Å². The van der Waals surface area contributed by atoms with Gasteiger partial charge in [0, 0.05) is 25.6 Å². The van der Waals surface area contributed by atoms with Crippen LogP contribution in [0.3, 0.4) is 0 Å². The van der Waals surface area contributed by atoms with Crippen LogP contribution in [-0.2, 0) is 21.7 Å². The first-order valence-electron chi connectivity index (χ1n) is 9.02. The number of methoxy groups -OCH3 is 2. The zero-order chi connectivity index (χ0) is 21.9. The van der Waals surface area contributed by atoms with Gasteiger partial charge in [0.25, 0.3) is 0 Å². The lowest BCUT2D eigenvalue weighted by Gasteiger charge is -2.07. The fourth-order valence-corrected chi connectivity index (χ4v) is 5.25. The van der Waals surface area contributed by atoms with E-state index < -0.39 is 21.6 Å². The van der Waals surface area contributed by atoms with Crippen LogP contribution in [0, 0.1) is 5.82 Å². The van der Waals surface area contributed by atoms with Gasteiger partial charge < -0.3 is 14.0 Å². The molecule has 1 aromatic heterocycles. The molecule has 0 saturated carbocycles. The molecule has 30 heavy (non-hydrogen) atoms. The molecule has 10 heteroatoms. The van der Waals surface area contributed by atoms with Crippen LogP contribution >= 0.6 is 11.3 Å². The molecule has 0 saturated heterocycles. The van der Waals surface area contributed by atoms with Gasteiger partial charge in [0.15, 0.2) is 26.1 Å². The molecule has 1 heterocycles. The van der Waals surface area contributed by atoms with Gasteiger partial charge in [-0.1, -0.05) is 11.3 Å². The molecule has 3 rings (SSSR count). The zero-order valence-corrected chi connectivity index (χ0v) is 18.3. The van der Waals surface area contributed by atoms with Gasteiger partial charge in [0.1, 0.15) is 5.82 Å². The van der Waals surface area contributed by atoms with Crippen LogP contribution in [0.15, 0.2) is 46.3 Å². The van der Waals surface area contributed by atoms with Crippen molar-refractivity contribution in [1.82, 2.24) is 4.57 Å². The van der Waals surface area contributed by atoms with E-state index in [1.807, 2.05) is 12.1 Å². The zero-order valence-electron chi connectivity index (χ0n) is 16.7. The van der Waals surface area contributed by atoms with Gasteiger partial charge in [-0.25, -0.2) is 12.8 Å². The summed E-state index contributed by atoms with van der Waals surface area (Å²) in [5.41, 5.74) is 0.836. The number of thiazole rings is 1. The van der Waals surface area contributed by atoms with Crippen LogP contribution in [0.25, 0.3) is 10.2 Å². The Labute approximate surface area is 177 Å². The van der Waals surface area contributed by atoms with Gasteiger partial charge in [0.05, 0.1) is 35.1 Å². The molecule has 7 nitrogen and oxygen atoms in total. The van der Waals surface area contributed by atoms with Crippen LogP contribution in [-0.4, -0.2) is 38.9 Å². The smallest absolute Gasteiger partial charge is 0.248 e. The Hall–Kier alpha value is -2.72. The number of aromatic nitrogens is 1. The quantitative estimate of drug-likeness (QED) is 0.514. The van der Waals surface area contributed by atoms with Gasteiger partial charge in [0.2, 0.25) is 5.91 Å². The lowest BCUT2D eigenvalue weighted by atomic mass is 10.3. The molecule has 160 valence electrons. The molecule has 0 aliphatic rings. The van der Waals surface area contributed by atoms with Crippen molar-refractivity contribution in [3.63, 3.8) is 0 Å². The van der Waals surface area contributed by atoms with E-state index in [0.717, 1.165) is 22.3 Å². The number of aryl methyl sites for hydroxylation is 1. The minimum Gasteiger partial charge on any atom is -0.493 e. The first kappa shape index (κ1) is 22.0. The Bertz CT molecular complexity index is 1240. The summed E-state index contributed by atoms with van der Waals surface area (Å²) < 4.78 is 50.8. The number of fused-ring (bicyclic) bond motifs is 1. The Morgan fingerprint density at radius 1 is 1.13 bits per heavy atom. The topological polar surface area (TPSA) is 87.0 Å². The van der Waals surface area contributed by atoms with E-state index in [2.05, 4.69) is 4.99 Å². The third-order valence-electron chi connectivity index (χ3n) is 4.51. The molecular formula is C20H21FN2O5S2. The third-order valence-corrected chi connectivity index (χ3v) is 7.42. The Morgan fingerprint density at radius 2 is 1.77 bits per heavy atom. The summed E-state index contributed by atoms with van der Waals surface area (Å²) in [6.07, 6.45) is 0.111. The van der Waals surface area contributed by atoms with E-state index in [1.165, 1.54) is 23.5 Å². The number of sulfone groups is 1. The number of carbonyl (C=O) groups excluding carboxylic acids is 1.